The van der Waals surface area contributed by atoms with Crippen molar-refractivity contribution in [1.29, 1.82) is 0 Å². The van der Waals surface area contributed by atoms with E-state index in [0.717, 1.165) is 25.1 Å². The molecule has 0 amide bonds. The number of rotatable bonds is 8. The summed E-state index contributed by atoms with van der Waals surface area (Å²) in [4.78, 5) is 2.20. The van der Waals surface area contributed by atoms with Crippen molar-refractivity contribution in [1.82, 2.24) is 10.2 Å². The van der Waals surface area contributed by atoms with Crippen LogP contribution in [0.1, 0.15) is 39.7 Å². The van der Waals surface area contributed by atoms with E-state index in [9.17, 15) is 4.39 Å². The Balaban J connectivity index is 2.56. The summed E-state index contributed by atoms with van der Waals surface area (Å²) in [6.45, 7) is 11.6. The van der Waals surface area contributed by atoms with Crippen LogP contribution in [0.2, 0.25) is 0 Å². The first kappa shape index (κ1) is 17.1. The maximum atomic E-state index is 13.7. The van der Waals surface area contributed by atoms with Crippen LogP contribution in [0.25, 0.3) is 0 Å². The molecule has 1 N–H and O–H groups in total. The van der Waals surface area contributed by atoms with E-state index < -0.39 is 0 Å². The molecule has 3 heteroatoms. The van der Waals surface area contributed by atoms with Crippen molar-refractivity contribution in [2.45, 2.75) is 46.7 Å². The number of halogens is 1. The fraction of sp³-hybridized carbons (Fsp3) is 0.647. The highest BCUT2D eigenvalue weighted by Crippen LogP contribution is 2.22. The normalized spacial score (nSPS) is 13.8. The van der Waals surface area contributed by atoms with Crippen molar-refractivity contribution in [3.05, 3.63) is 35.6 Å². The number of hydrogen-bond acceptors (Lipinski definition) is 2. The van der Waals surface area contributed by atoms with Gasteiger partial charge in [0.05, 0.1) is 0 Å². The highest BCUT2D eigenvalue weighted by Gasteiger charge is 2.27. The fourth-order valence-corrected chi connectivity index (χ4v) is 2.44. The van der Waals surface area contributed by atoms with Crippen molar-refractivity contribution in [2.75, 3.05) is 20.1 Å². The first-order chi connectivity index (χ1) is 9.36. The van der Waals surface area contributed by atoms with Gasteiger partial charge in [-0.1, -0.05) is 39.0 Å². The molecule has 0 aliphatic rings. The Morgan fingerprint density at radius 3 is 2.55 bits per heavy atom. The minimum absolute atomic E-state index is 0.116. The van der Waals surface area contributed by atoms with Crippen molar-refractivity contribution in [3.8, 4) is 0 Å². The van der Waals surface area contributed by atoms with Gasteiger partial charge in [-0.15, -0.1) is 0 Å². The molecule has 0 aliphatic heterocycles. The van der Waals surface area contributed by atoms with Gasteiger partial charge in [-0.05, 0) is 38.4 Å². The molecule has 1 aromatic carbocycles. The molecule has 0 radical (unpaired) electrons. The lowest BCUT2D eigenvalue weighted by Gasteiger charge is -2.36. The summed E-state index contributed by atoms with van der Waals surface area (Å²) in [6, 6.07) is 7.45. The summed E-state index contributed by atoms with van der Waals surface area (Å²) in [7, 11) is 2.06. The van der Waals surface area contributed by atoms with Crippen LogP contribution in [0.15, 0.2) is 24.3 Å². The Kier molecular flexibility index (Phi) is 6.63. The van der Waals surface area contributed by atoms with E-state index in [1.165, 1.54) is 6.07 Å². The first-order valence-corrected chi connectivity index (χ1v) is 7.52. The topological polar surface area (TPSA) is 15.3 Å². The summed E-state index contributed by atoms with van der Waals surface area (Å²) in [5.41, 5.74) is 0.912. The van der Waals surface area contributed by atoms with E-state index in [-0.39, 0.29) is 11.2 Å². The van der Waals surface area contributed by atoms with Gasteiger partial charge in [0.25, 0.3) is 0 Å². The van der Waals surface area contributed by atoms with Gasteiger partial charge in [-0.25, -0.2) is 4.39 Å². The molecule has 114 valence electrons. The van der Waals surface area contributed by atoms with Gasteiger partial charge < -0.3 is 10.2 Å². The van der Waals surface area contributed by atoms with E-state index in [4.69, 9.17) is 0 Å². The average Bonchev–Trinajstić information content (AvgIpc) is 2.38. The minimum atomic E-state index is -0.116. The second kappa shape index (κ2) is 7.75. The van der Waals surface area contributed by atoms with Gasteiger partial charge in [0.1, 0.15) is 5.82 Å². The zero-order valence-corrected chi connectivity index (χ0v) is 13.5. The molecule has 20 heavy (non-hydrogen) atoms. The van der Waals surface area contributed by atoms with E-state index in [2.05, 4.69) is 45.0 Å². The third-order valence-electron chi connectivity index (χ3n) is 3.95. The molecule has 1 aromatic rings. The highest BCUT2D eigenvalue weighted by molar-refractivity contribution is 5.17. The molecule has 1 atom stereocenters. The standard InChI is InChI=1S/C17H29FN2/c1-6-11-19-14(2)17(3,4)13-20(5)12-15-9-7-8-10-16(15)18/h7-10,14,19H,6,11-13H2,1-5H3. The second-order valence-electron chi connectivity index (χ2n) is 6.43. The van der Waals surface area contributed by atoms with Crippen LogP contribution in [-0.4, -0.2) is 31.1 Å². The van der Waals surface area contributed by atoms with Crippen LogP contribution >= 0.6 is 0 Å². The second-order valence-corrected chi connectivity index (χ2v) is 6.43. The van der Waals surface area contributed by atoms with Crippen molar-refractivity contribution >= 4 is 0 Å². The minimum Gasteiger partial charge on any atom is -0.314 e. The monoisotopic (exact) mass is 280 g/mol. The quantitative estimate of drug-likeness (QED) is 0.781. The number of nitrogens with zero attached hydrogens (tertiary/aromatic N) is 1. The Labute approximate surface area is 123 Å². The molecule has 0 bridgehead atoms. The molecule has 0 heterocycles. The van der Waals surface area contributed by atoms with Crippen molar-refractivity contribution < 1.29 is 4.39 Å². The lowest BCUT2D eigenvalue weighted by atomic mass is 9.84. The van der Waals surface area contributed by atoms with Gasteiger partial charge in [0, 0.05) is 24.7 Å². The molecule has 1 unspecified atom stereocenters. The van der Waals surface area contributed by atoms with Gasteiger partial charge in [0.15, 0.2) is 0 Å². The Morgan fingerprint density at radius 2 is 1.95 bits per heavy atom. The summed E-state index contributed by atoms with van der Waals surface area (Å²) < 4.78 is 13.7. The molecule has 0 spiro atoms. The SMILES string of the molecule is CCCNC(C)C(C)(C)CN(C)Cc1ccccc1F. The molecular formula is C17H29FN2. The summed E-state index contributed by atoms with van der Waals surface area (Å²) in [6.07, 6.45) is 1.14. The Morgan fingerprint density at radius 1 is 1.30 bits per heavy atom. The zero-order chi connectivity index (χ0) is 15.2. The van der Waals surface area contributed by atoms with Gasteiger partial charge in [0.2, 0.25) is 0 Å². The predicted octanol–water partition coefficient (Wildman–Crippen LogP) is 3.67. The van der Waals surface area contributed by atoms with Crippen LogP contribution in [0.4, 0.5) is 4.39 Å². The average molecular weight is 280 g/mol. The van der Waals surface area contributed by atoms with Crippen molar-refractivity contribution in [3.63, 3.8) is 0 Å². The molecule has 1 rings (SSSR count). The van der Waals surface area contributed by atoms with Crippen molar-refractivity contribution in [2.24, 2.45) is 5.41 Å². The summed E-state index contributed by atoms with van der Waals surface area (Å²) >= 11 is 0. The fourth-order valence-electron chi connectivity index (χ4n) is 2.44. The van der Waals surface area contributed by atoms with Crippen LogP contribution in [0, 0.1) is 11.2 Å². The molecule has 0 saturated carbocycles. The van der Waals surface area contributed by atoms with Gasteiger partial charge >= 0.3 is 0 Å². The zero-order valence-electron chi connectivity index (χ0n) is 13.5. The van der Waals surface area contributed by atoms with Crippen LogP contribution in [0.5, 0.6) is 0 Å². The maximum absolute atomic E-state index is 13.7. The van der Waals surface area contributed by atoms with Crippen LogP contribution in [-0.2, 0) is 6.54 Å². The van der Waals surface area contributed by atoms with Gasteiger partial charge in [-0.2, -0.15) is 0 Å². The molecule has 2 nitrogen and oxygen atoms in total. The lowest BCUT2D eigenvalue weighted by Crippen LogP contribution is -2.46. The van der Waals surface area contributed by atoms with Crippen LogP contribution in [0.3, 0.4) is 0 Å². The number of hydrogen-bond donors (Lipinski definition) is 1. The third kappa shape index (κ3) is 5.22. The first-order valence-electron chi connectivity index (χ1n) is 7.52. The molecule has 0 aliphatic carbocycles. The highest BCUT2D eigenvalue weighted by atomic mass is 19.1. The van der Waals surface area contributed by atoms with Crippen LogP contribution < -0.4 is 5.32 Å². The summed E-state index contributed by atoms with van der Waals surface area (Å²) in [5, 5.41) is 3.55. The lowest BCUT2D eigenvalue weighted by molar-refractivity contribution is 0.159. The summed E-state index contributed by atoms with van der Waals surface area (Å²) in [5.74, 6) is -0.116. The molecule has 0 fully saturated rings. The Hall–Kier alpha value is -0.930. The predicted molar refractivity (Wildman–Crippen MR) is 84.3 cm³/mol. The Bertz CT molecular complexity index is 404. The smallest absolute Gasteiger partial charge is 0.127 e. The molecule has 0 saturated heterocycles. The largest absolute Gasteiger partial charge is 0.314 e. The number of benzene rings is 1. The number of nitrogens with one attached hydrogen (secondary N) is 1. The van der Waals surface area contributed by atoms with Gasteiger partial charge in [-0.3, -0.25) is 0 Å². The maximum Gasteiger partial charge on any atom is 0.127 e. The molecule has 0 aromatic heterocycles. The molecular weight excluding hydrogens is 251 g/mol. The van der Waals surface area contributed by atoms with E-state index in [1.54, 1.807) is 6.07 Å². The van der Waals surface area contributed by atoms with E-state index >= 15 is 0 Å². The third-order valence-corrected chi connectivity index (χ3v) is 3.95. The van der Waals surface area contributed by atoms with E-state index in [1.807, 2.05) is 12.1 Å². The van der Waals surface area contributed by atoms with E-state index in [0.29, 0.717) is 12.6 Å².